The lowest BCUT2D eigenvalue weighted by Crippen LogP contribution is -2.24. The first-order valence-corrected chi connectivity index (χ1v) is 7.76. The summed E-state index contributed by atoms with van der Waals surface area (Å²) in [5.41, 5.74) is 3.91. The second kappa shape index (κ2) is 5.50. The first kappa shape index (κ1) is 13.9. The number of carbonyl (C=O) groups is 1. The highest BCUT2D eigenvalue weighted by Gasteiger charge is 2.17. The van der Waals surface area contributed by atoms with Crippen molar-refractivity contribution in [2.24, 2.45) is 0 Å². The van der Waals surface area contributed by atoms with Crippen molar-refractivity contribution in [3.63, 3.8) is 0 Å². The van der Waals surface area contributed by atoms with Crippen LogP contribution in [0.2, 0.25) is 0 Å². The van der Waals surface area contributed by atoms with Crippen molar-refractivity contribution < 1.29 is 14.3 Å². The molecule has 2 aliphatic heterocycles. The molecule has 2 aliphatic rings. The summed E-state index contributed by atoms with van der Waals surface area (Å²) in [7, 11) is 2.10. The number of nitrogens with one attached hydrogen (secondary N) is 1. The molecule has 0 aromatic heterocycles. The fourth-order valence-corrected chi connectivity index (χ4v) is 3.10. The van der Waals surface area contributed by atoms with E-state index in [1.165, 1.54) is 11.3 Å². The molecule has 0 aliphatic carbocycles. The Labute approximate surface area is 134 Å². The maximum absolute atomic E-state index is 12.4. The van der Waals surface area contributed by atoms with Gasteiger partial charge >= 0.3 is 0 Å². The quantitative estimate of drug-likeness (QED) is 0.926. The summed E-state index contributed by atoms with van der Waals surface area (Å²) < 4.78 is 10.6. The molecule has 1 amide bonds. The van der Waals surface area contributed by atoms with Crippen LogP contribution in [-0.4, -0.2) is 26.3 Å². The second-order valence-electron chi connectivity index (χ2n) is 5.89. The fourth-order valence-electron chi connectivity index (χ4n) is 3.10. The molecule has 0 bridgehead atoms. The van der Waals surface area contributed by atoms with E-state index in [1.54, 1.807) is 18.2 Å². The highest BCUT2D eigenvalue weighted by molar-refractivity contribution is 6.04. The Bertz CT molecular complexity index is 773. The van der Waals surface area contributed by atoms with Crippen LogP contribution < -0.4 is 19.7 Å². The van der Waals surface area contributed by atoms with Crippen molar-refractivity contribution in [2.45, 2.75) is 12.8 Å². The van der Waals surface area contributed by atoms with E-state index in [-0.39, 0.29) is 12.7 Å². The van der Waals surface area contributed by atoms with E-state index in [0.717, 1.165) is 25.1 Å². The minimum Gasteiger partial charge on any atom is -0.454 e. The normalized spacial score (nSPS) is 15.3. The minimum absolute atomic E-state index is 0.146. The molecule has 0 saturated carbocycles. The second-order valence-corrected chi connectivity index (χ2v) is 5.89. The zero-order valence-corrected chi connectivity index (χ0v) is 13.0. The summed E-state index contributed by atoms with van der Waals surface area (Å²) >= 11 is 0. The van der Waals surface area contributed by atoms with Crippen molar-refractivity contribution in [1.29, 1.82) is 0 Å². The third-order valence-corrected chi connectivity index (χ3v) is 4.32. The monoisotopic (exact) mass is 310 g/mol. The predicted octanol–water partition coefficient (Wildman–Crippen LogP) is 3.05. The van der Waals surface area contributed by atoms with E-state index in [9.17, 15) is 4.79 Å². The number of anilines is 2. The van der Waals surface area contributed by atoms with E-state index >= 15 is 0 Å². The number of ether oxygens (including phenoxy) is 2. The summed E-state index contributed by atoms with van der Waals surface area (Å²) in [6.07, 6.45) is 2.19. The van der Waals surface area contributed by atoms with Gasteiger partial charge in [0.25, 0.3) is 5.91 Å². The van der Waals surface area contributed by atoms with Crippen molar-refractivity contribution >= 4 is 17.3 Å². The first-order chi connectivity index (χ1) is 11.2. The van der Waals surface area contributed by atoms with E-state index in [1.807, 2.05) is 6.07 Å². The van der Waals surface area contributed by atoms with Crippen molar-refractivity contribution in [1.82, 2.24) is 0 Å². The molecule has 2 aromatic carbocycles. The number of rotatable bonds is 2. The van der Waals surface area contributed by atoms with E-state index in [0.29, 0.717) is 17.1 Å². The largest absolute Gasteiger partial charge is 0.454 e. The molecule has 2 aromatic rings. The van der Waals surface area contributed by atoms with Crippen molar-refractivity contribution in [3.8, 4) is 11.5 Å². The summed E-state index contributed by atoms with van der Waals surface area (Å²) in [6.45, 7) is 1.29. The molecule has 1 N–H and O–H groups in total. The topological polar surface area (TPSA) is 50.8 Å². The van der Waals surface area contributed by atoms with Crippen LogP contribution in [0.3, 0.4) is 0 Å². The van der Waals surface area contributed by atoms with Gasteiger partial charge in [-0.05, 0) is 54.8 Å². The number of hydrogen-bond acceptors (Lipinski definition) is 4. The van der Waals surface area contributed by atoms with Gasteiger partial charge in [-0.25, -0.2) is 0 Å². The molecule has 0 atom stereocenters. The molecule has 0 unspecified atom stereocenters. The molecular weight excluding hydrogens is 292 g/mol. The van der Waals surface area contributed by atoms with Crippen LogP contribution in [0.15, 0.2) is 36.4 Å². The Morgan fingerprint density at radius 1 is 1.13 bits per heavy atom. The summed E-state index contributed by atoms with van der Waals surface area (Å²) in [6, 6.07) is 11.3. The van der Waals surface area contributed by atoms with Gasteiger partial charge in [0.15, 0.2) is 11.5 Å². The smallest absolute Gasteiger partial charge is 0.255 e. The maximum Gasteiger partial charge on any atom is 0.255 e. The van der Waals surface area contributed by atoms with Gasteiger partial charge in [0, 0.05) is 30.5 Å². The lowest BCUT2D eigenvalue weighted by molar-refractivity contribution is 0.102. The maximum atomic E-state index is 12.4. The first-order valence-electron chi connectivity index (χ1n) is 7.76. The average Bonchev–Trinajstić information content (AvgIpc) is 3.02. The number of benzene rings is 2. The number of carbonyl (C=O) groups excluding carboxylic acids is 1. The standard InChI is InChI=1S/C18H18N2O3/c1-20-8-2-3-12-9-14(5-6-15(12)20)19-18(21)13-4-7-16-17(10-13)23-11-22-16/h4-7,9-10H,2-3,8,11H2,1H3,(H,19,21). The number of hydrogen-bond donors (Lipinski definition) is 1. The van der Waals surface area contributed by atoms with Gasteiger partial charge in [-0.1, -0.05) is 0 Å². The Kier molecular flexibility index (Phi) is 3.33. The highest BCUT2D eigenvalue weighted by atomic mass is 16.7. The van der Waals surface area contributed by atoms with Crippen molar-refractivity contribution in [2.75, 3.05) is 30.6 Å². The van der Waals surface area contributed by atoms with Gasteiger partial charge in [-0.2, -0.15) is 0 Å². The molecule has 5 heteroatoms. The zero-order chi connectivity index (χ0) is 15.8. The SMILES string of the molecule is CN1CCCc2cc(NC(=O)c3ccc4c(c3)OCO4)ccc21. The Morgan fingerprint density at radius 3 is 2.91 bits per heavy atom. The molecular formula is C18H18N2O3. The third kappa shape index (κ3) is 2.59. The van der Waals surface area contributed by atoms with Gasteiger partial charge in [-0.15, -0.1) is 0 Å². The number of nitrogens with zero attached hydrogens (tertiary/aromatic N) is 1. The van der Waals surface area contributed by atoms with Crippen LogP contribution in [-0.2, 0) is 6.42 Å². The lowest BCUT2D eigenvalue weighted by atomic mass is 10.0. The van der Waals surface area contributed by atoms with Gasteiger partial charge < -0.3 is 19.7 Å². The Morgan fingerprint density at radius 2 is 2.00 bits per heavy atom. The van der Waals surface area contributed by atoms with E-state index < -0.39 is 0 Å². The molecule has 0 radical (unpaired) electrons. The summed E-state index contributed by atoms with van der Waals surface area (Å²) in [5.74, 6) is 1.15. The van der Waals surface area contributed by atoms with Gasteiger partial charge in [0.05, 0.1) is 0 Å². The van der Waals surface area contributed by atoms with Gasteiger partial charge in [0.1, 0.15) is 0 Å². The Balaban J connectivity index is 1.55. The van der Waals surface area contributed by atoms with Crippen LogP contribution in [0.4, 0.5) is 11.4 Å². The third-order valence-electron chi connectivity index (χ3n) is 4.32. The van der Waals surface area contributed by atoms with Gasteiger partial charge in [-0.3, -0.25) is 4.79 Å². The van der Waals surface area contributed by atoms with Gasteiger partial charge in [0.2, 0.25) is 6.79 Å². The fraction of sp³-hybridized carbons (Fsp3) is 0.278. The van der Waals surface area contributed by atoms with Crippen molar-refractivity contribution in [3.05, 3.63) is 47.5 Å². The molecule has 0 fully saturated rings. The van der Waals surface area contributed by atoms with Crippen LogP contribution in [0, 0.1) is 0 Å². The van der Waals surface area contributed by atoms with E-state index in [4.69, 9.17) is 9.47 Å². The summed E-state index contributed by atoms with van der Waals surface area (Å²) in [4.78, 5) is 14.7. The van der Waals surface area contributed by atoms with Crippen LogP contribution in [0.25, 0.3) is 0 Å². The Hall–Kier alpha value is -2.69. The molecule has 118 valence electrons. The predicted molar refractivity (Wildman–Crippen MR) is 88.6 cm³/mol. The molecule has 0 saturated heterocycles. The highest BCUT2D eigenvalue weighted by Crippen LogP contribution is 2.33. The summed E-state index contributed by atoms with van der Waals surface area (Å²) in [5, 5.41) is 2.96. The van der Waals surface area contributed by atoms with Crippen LogP contribution >= 0.6 is 0 Å². The minimum atomic E-state index is -0.146. The average molecular weight is 310 g/mol. The molecule has 2 heterocycles. The number of aryl methyl sites for hydroxylation is 1. The van der Waals surface area contributed by atoms with Crippen LogP contribution in [0.5, 0.6) is 11.5 Å². The number of amides is 1. The lowest BCUT2D eigenvalue weighted by Gasteiger charge is -2.27. The molecule has 23 heavy (non-hydrogen) atoms. The molecule has 0 spiro atoms. The molecule has 5 nitrogen and oxygen atoms in total. The number of fused-ring (bicyclic) bond motifs is 2. The zero-order valence-electron chi connectivity index (χ0n) is 13.0. The van der Waals surface area contributed by atoms with E-state index in [2.05, 4.69) is 29.4 Å². The molecule has 4 rings (SSSR count). The van der Waals surface area contributed by atoms with Crippen LogP contribution in [0.1, 0.15) is 22.3 Å².